The Balaban J connectivity index is 1.33. The van der Waals surface area contributed by atoms with Gasteiger partial charge in [0.2, 0.25) is 0 Å². The first-order valence-corrected chi connectivity index (χ1v) is 11.7. The van der Waals surface area contributed by atoms with Crippen LogP contribution in [0.4, 0.5) is 8.78 Å². The van der Waals surface area contributed by atoms with Crippen LogP contribution in [0, 0.1) is 0 Å². The van der Waals surface area contributed by atoms with Gasteiger partial charge >= 0.3 is 0 Å². The number of alkyl halides is 2. The molecule has 2 aromatic carbocycles. The van der Waals surface area contributed by atoms with E-state index in [-0.39, 0.29) is 17.4 Å². The molecule has 2 aliphatic heterocycles. The zero-order chi connectivity index (χ0) is 24.8. The molecule has 0 aromatic heterocycles. The fourth-order valence-corrected chi connectivity index (χ4v) is 4.29. The van der Waals surface area contributed by atoms with Gasteiger partial charge in [-0.3, -0.25) is 4.90 Å². The number of aliphatic hydroxyl groups excluding tert-OH is 1. The van der Waals surface area contributed by atoms with E-state index in [4.69, 9.17) is 30.5 Å². The summed E-state index contributed by atoms with van der Waals surface area (Å²) in [5.41, 5.74) is 3.80. The Morgan fingerprint density at radius 3 is 2.80 bits per heavy atom. The summed E-state index contributed by atoms with van der Waals surface area (Å²) < 4.78 is 46.5. The van der Waals surface area contributed by atoms with Gasteiger partial charge in [-0.1, -0.05) is 23.7 Å². The van der Waals surface area contributed by atoms with E-state index < -0.39 is 19.3 Å². The van der Waals surface area contributed by atoms with Gasteiger partial charge in [-0.05, 0) is 53.5 Å². The minimum Gasteiger partial charge on any atom is -0.489 e. The molecule has 0 radical (unpaired) electrons. The molecule has 0 aliphatic carbocycles. The van der Waals surface area contributed by atoms with E-state index in [1.54, 1.807) is 18.2 Å². The predicted molar refractivity (Wildman–Crippen MR) is 129 cm³/mol. The number of aliphatic hydroxyl groups is 1. The number of fused-ring (bicyclic) bond motifs is 1. The van der Waals surface area contributed by atoms with Crippen molar-refractivity contribution in [2.24, 2.45) is 0 Å². The molecular formula is C26H28ClF2NO5. The minimum atomic E-state index is -2.56. The van der Waals surface area contributed by atoms with Gasteiger partial charge < -0.3 is 24.1 Å². The lowest BCUT2D eigenvalue weighted by atomic mass is 10.0. The molecule has 0 bridgehead atoms. The third-order valence-corrected chi connectivity index (χ3v) is 6.04. The molecule has 2 aromatic rings. The molecule has 1 atom stereocenters. The number of ether oxygens (including phenoxy) is 4. The van der Waals surface area contributed by atoms with E-state index in [9.17, 15) is 13.9 Å². The molecule has 1 unspecified atom stereocenters. The van der Waals surface area contributed by atoms with E-state index in [0.717, 1.165) is 47.5 Å². The Labute approximate surface area is 208 Å². The molecule has 9 heteroatoms. The van der Waals surface area contributed by atoms with Crippen molar-refractivity contribution in [1.29, 1.82) is 0 Å². The molecule has 0 saturated heterocycles. The number of hydrogen-bond acceptors (Lipinski definition) is 6. The summed E-state index contributed by atoms with van der Waals surface area (Å²) in [5.74, 6) is 1.61. The first-order valence-electron chi connectivity index (χ1n) is 11.3. The van der Waals surface area contributed by atoms with Gasteiger partial charge in [0.05, 0.1) is 5.02 Å². The first kappa shape index (κ1) is 25.4. The quantitative estimate of drug-likeness (QED) is 0.363. The average molecular weight is 508 g/mol. The third kappa shape index (κ3) is 6.95. The molecule has 188 valence electrons. The highest BCUT2D eigenvalue weighted by molar-refractivity contribution is 6.32. The highest BCUT2D eigenvalue weighted by atomic mass is 35.5. The maximum atomic E-state index is 12.3. The number of methoxy groups -OCH3 is 1. The monoisotopic (exact) mass is 507 g/mol. The van der Waals surface area contributed by atoms with Crippen LogP contribution in [-0.2, 0) is 11.3 Å². The molecule has 1 N–H and O–H groups in total. The van der Waals surface area contributed by atoms with E-state index >= 15 is 0 Å². The van der Waals surface area contributed by atoms with Gasteiger partial charge in [0.15, 0.2) is 6.29 Å². The smallest absolute Gasteiger partial charge is 0.272 e. The highest BCUT2D eigenvalue weighted by Gasteiger charge is 2.21. The van der Waals surface area contributed by atoms with Gasteiger partial charge in [-0.15, -0.1) is 0 Å². The largest absolute Gasteiger partial charge is 0.489 e. The maximum Gasteiger partial charge on any atom is 0.272 e. The Kier molecular flexibility index (Phi) is 8.62. The number of benzene rings is 2. The summed E-state index contributed by atoms with van der Waals surface area (Å²) in [4.78, 5) is 2.27. The fourth-order valence-electron chi connectivity index (χ4n) is 4.03. The second kappa shape index (κ2) is 11.9. The number of nitrogens with zero attached hydrogens (tertiary/aromatic N) is 1. The predicted octanol–water partition coefficient (Wildman–Crippen LogP) is 4.94. The number of rotatable bonds is 10. The highest BCUT2D eigenvalue weighted by Crippen LogP contribution is 2.32. The van der Waals surface area contributed by atoms with Gasteiger partial charge in [-0.25, -0.2) is 8.78 Å². The fraction of sp³-hybridized carbons (Fsp3) is 0.385. The van der Waals surface area contributed by atoms with Gasteiger partial charge in [0.1, 0.15) is 37.1 Å². The van der Waals surface area contributed by atoms with Crippen LogP contribution in [-0.4, -0.2) is 62.7 Å². The molecule has 35 heavy (non-hydrogen) atoms. The van der Waals surface area contributed by atoms with E-state index in [2.05, 4.69) is 11.0 Å². The third-order valence-electron chi connectivity index (χ3n) is 5.75. The van der Waals surface area contributed by atoms with Crippen molar-refractivity contribution in [1.82, 2.24) is 4.90 Å². The van der Waals surface area contributed by atoms with Crippen LogP contribution in [0.15, 0.2) is 53.6 Å². The maximum absolute atomic E-state index is 12.3. The lowest BCUT2D eigenvalue weighted by Gasteiger charge is -2.30. The van der Waals surface area contributed by atoms with Crippen molar-refractivity contribution in [3.63, 3.8) is 0 Å². The van der Waals surface area contributed by atoms with Crippen LogP contribution in [0.5, 0.6) is 17.2 Å². The molecular weight excluding hydrogens is 480 g/mol. The molecule has 6 nitrogen and oxygen atoms in total. The van der Waals surface area contributed by atoms with E-state index in [1.807, 2.05) is 24.3 Å². The lowest BCUT2D eigenvalue weighted by molar-refractivity contribution is -0.0496. The topological polar surface area (TPSA) is 60.4 Å². The van der Waals surface area contributed by atoms with Crippen LogP contribution in [0.1, 0.15) is 17.5 Å². The standard InChI is InChI=1S/C26H28ClF2NO5/c1-32-26(31)20-3-2-8-30(13-20)12-18-9-19-5-6-21(11-24(19)34-15-18)33-14-17-4-7-23(22(27)10-17)35-16-25(28)29/h3-7,9-11,25-26,31H,2,8,12-16H2,1H3. The summed E-state index contributed by atoms with van der Waals surface area (Å²) >= 11 is 6.13. The Hall–Kier alpha value is -2.65. The molecule has 4 rings (SSSR count). The first-order chi connectivity index (χ1) is 16.9. The summed E-state index contributed by atoms with van der Waals surface area (Å²) in [6.07, 6.45) is 1.62. The van der Waals surface area contributed by atoms with Gasteiger partial charge in [-0.2, -0.15) is 0 Å². The second-order valence-corrected chi connectivity index (χ2v) is 8.82. The van der Waals surface area contributed by atoms with Crippen molar-refractivity contribution in [3.8, 4) is 17.2 Å². The second-order valence-electron chi connectivity index (χ2n) is 8.41. The van der Waals surface area contributed by atoms with E-state index in [0.29, 0.717) is 18.9 Å². The van der Waals surface area contributed by atoms with Crippen LogP contribution < -0.4 is 14.2 Å². The van der Waals surface area contributed by atoms with Crippen molar-refractivity contribution in [2.45, 2.75) is 25.7 Å². The molecule has 2 heterocycles. The average Bonchev–Trinajstić information content (AvgIpc) is 2.86. The summed E-state index contributed by atoms with van der Waals surface area (Å²) in [6.45, 7) is 2.37. The Morgan fingerprint density at radius 2 is 2.03 bits per heavy atom. The van der Waals surface area contributed by atoms with Gasteiger partial charge in [0, 0.05) is 38.4 Å². The van der Waals surface area contributed by atoms with Crippen LogP contribution in [0.2, 0.25) is 5.02 Å². The Morgan fingerprint density at radius 1 is 1.17 bits per heavy atom. The van der Waals surface area contributed by atoms with Crippen LogP contribution in [0.3, 0.4) is 0 Å². The molecule has 0 amide bonds. The SMILES string of the molecule is COC(O)C1=CCCN(CC2=Cc3ccc(OCc4ccc(OCC(F)F)c(Cl)c4)cc3OC2)C1. The van der Waals surface area contributed by atoms with Gasteiger partial charge in [0.25, 0.3) is 6.43 Å². The van der Waals surface area contributed by atoms with Crippen molar-refractivity contribution < 1.29 is 32.8 Å². The van der Waals surface area contributed by atoms with Crippen LogP contribution in [0.25, 0.3) is 6.08 Å². The number of hydrogen-bond donors (Lipinski definition) is 1. The van der Waals surface area contributed by atoms with Crippen molar-refractivity contribution in [2.75, 3.05) is 40.0 Å². The zero-order valence-electron chi connectivity index (χ0n) is 19.4. The lowest BCUT2D eigenvalue weighted by Crippen LogP contribution is -2.36. The number of halogens is 3. The van der Waals surface area contributed by atoms with Crippen LogP contribution >= 0.6 is 11.6 Å². The molecule has 2 aliphatic rings. The van der Waals surface area contributed by atoms with Crippen molar-refractivity contribution in [3.05, 3.63) is 69.8 Å². The zero-order valence-corrected chi connectivity index (χ0v) is 20.1. The summed E-state index contributed by atoms with van der Waals surface area (Å²) in [5, 5.41) is 10.2. The molecule has 0 fully saturated rings. The molecule has 0 saturated carbocycles. The minimum absolute atomic E-state index is 0.215. The summed E-state index contributed by atoms with van der Waals surface area (Å²) in [7, 11) is 1.50. The normalized spacial score (nSPS) is 16.7. The summed E-state index contributed by atoms with van der Waals surface area (Å²) in [6, 6.07) is 10.6. The van der Waals surface area contributed by atoms with E-state index in [1.165, 1.54) is 7.11 Å². The van der Waals surface area contributed by atoms with Crippen molar-refractivity contribution >= 4 is 17.7 Å². The Bertz CT molecular complexity index is 1090. The molecule has 0 spiro atoms.